The molecule has 0 fully saturated rings. The fourth-order valence-corrected chi connectivity index (χ4v) is 2.14. The van der Waals surface area contributed by atoms with Gasteiger partial charge in [0.05, 0.1) is 0 Å². The van der Waals surface area contributed by atoms with Crippen molar-refractivity contribution < 1.29 is 33.3 Å². The second-order valence-corrected chi connectivity index (χ2v) is 4.35. The van der Waals surface area contributed by atoms with Crippen molar-refractivity contribution in [1.29, 1.82) is 0 Å². The molecule has 7 heteroatoms. The first-order chi connectivity index (χ1) is 9.90. The van der Waals surface area contributed by atoms with Gasteiger partial charge < -0.3 is 14.9 Å². The molecular formula is C14H6F2O5. The SMILES string of the molecule is O=C1OC(=O)c2c(F)c(-c3cc(O)ccc3O)cc(F)c21. The Kier molecular flexibility index (Phi) is 2.65. The Bertz CT molecular complexity index is 813. The number of phenols is 2. The van der Waals surface area contributed by atoms with Crippen LogP contribution >= 0.6 is 0 Å². The average Bonchev–Trinajstić information content (AvgIpc) is 2.73. The summed E-state index contributed by atoms with van der Waals surface area (Å²) in [6.07, 6.45) is 0. The van der Waals surface area contributed by atoms with Gasteiger partial charge in [0, 0.05) is 11.1 Å². The smallest absolute Gasteiger partial charge is 0.350 e. The van der Waals surface area contributed by atoms with Gasteiger partial charge in [-0.1, -0.05) is 0 Å². The zero-order chi connectivity index (χ0) is 15.3. The van der Waals surface area contributed by atoms with Crippen LogP contribution in [0.3, 0.4) is 0 Å². The highest BCUT2D eigenvalue weighted by Gasteiger charge is 2.38. The van der Waals surface area contributed by atoms with E-state index in [1.54, 1.807) is 0 Å². The highest BCUT2D eigenvalue weighted by Crippen LogP contribution is 2.38. The van der Waals surface area contributed by atoms with E-state index in [4.69, 9.17) is 0 Å². The maximum atomic E-state index is 14.4. The molecule has 3 rings (SSSR count). The summed E-state index contributed by atoms with van der Waals surface area (Å²) in [7, 11) is 0. The van der Waals surface area contributed by atoms with Gasteiger partial charge in [0.1, 0.15) is 34.3 Å². The maximum absolute atomic E-state index is 14.4. The largest absolute Gasteiger partial charge is 0.508 e. The van der Waals surface area contributed by atoms with Crippen LogP contribution in [0, 0.1) is 11.6 Å². The molecule has 1 heterocycles. The molecule has 0 radical (unpaired) electrons. The Morgan fingerprint density at radius 1 is 0.905 bits per heavy atom. The molecule has 0 aliphatic carbocycles. The lowest BCUT2D eigenvalue weighted by Crippen LogP contribution is -2.02. The summed E-state index contributed by atoms with van der Waals surface area (Å²) >= 11 is 0. The van der Waals surface area contributed by atoms with Gasteiger partial charge in [-0.25, -0.2) is 18.4 Å². The molecule has 5 nitrogen and oxygen atoms in total. The Morgan fingerprint density at radius 3 is 2.29 bits per heavy atom. The second-order valence-electron chi connectivity index (χ2n) is 4.35. The van der Waals surface area contributed by atoms with Gasteiger partial charge in [-0.3, -0.25) is 0 Å². The topological polar surface area (TPSA) is 83.8 Å². The lowest BCUT2D eigenvalue weighted by molar-refractivity contribution is 0.0441. The van der Waals surface area contributed by atoms with Crippen molar-refractivity contribution in [2.45, 2.75) is 0 Å². The molecule has 0 amide bonds. The van der Waals surface area contributed by atoms with Gasteiger partial charge in [0.25, 0.3) is 0 Å². The molecule has 2 N–H and O–H groups in total. The minimum absolute atomic E-state index is 0.221. The summed E-state index contributed by atoms with van der Waals surface area (Å²) in [5, 5.41) is 19.1. The number of hydrogen-bond acceptors (Lipinski definition) is 5. The van der Waals surface area contributed by atoms with Crippen molar-refractivity contribution in [2.75, 3.05) is 0 Å². The molecule has 1 aliphatic rings. The predicted octanol–water partition coefficient (Wildman–Crippen LogP) is 2.35. The van der Waals surface area contributed by atoms with Crippen molar-refractivity contribution in [1.82, 2.24) is 0 Å². The van der Waals surface area contributed by atoms with Crippen LogP contribution in [0.4, 0.5) is 8.78 Å². The molecule has 0 aromatic heterocycles. The van der Waals surface area contributed by atoms with E-state index in [1.807, 2.05) is 0 Å². The van der Waals surface area contributed by atoms with E-state index in [9.17, 15) is 28.6 Å². The first-order valence-corrected chi connectivity index (χ1v) is 5.71. The molecule has 0 saturated heterocycles. The normalized spacial score (nSPS) is 13.2. The number of hydrogen-bond donors (Lipinski definition) is 2. The first-order valence-electron chi connectivity index (χ1n) is 5.71. The zero-order valence-electron chi connectivity index (χ0n) is 10.2. The lowest BCUT2D eigenvalue weighted by Gasteiger charge is -2.09. The van der Waals surface area contributed by atoms with Gasteiger partial charge in [0.15, 0.2) is 0 Å². The van der Waals surface area contributed by atoms with Crippen molar-refractivity contribution >= 4 is 11.9 Å². The molecule has 0 unspecified atom stereocenters. The van der Waals surface area contributed by atoms with Crippen molar-refractivity contribution in [3.63, 3.8) is 0 Å². The van der Waals surface area contributed by atoms with Crippen LogP contribution in [0.5, 0.6) is 11.5 Å². The Hall–Kier alpha value is -2.96. The number of phenolic OH excluding ortho intramolecular Hbond substituents is 2. The second kappa shape index (κ2) is 4.27. The van der Waals surface area contributed by atoms with E-state index in [1.165, 1.54) is 0 Å². The number of cyclic esters (lactones) is 2. The zero-order valence-corrected chi connectivity index (χ0v) is 10.2. The summed E-state index contributed by atoms with van der Waals surface area (Å²) in [5.74, 6) is -5.64. The van der Waals surface area contributed by atoms with E-state index in [0.29, 0.717) is 6.07 Å². The van der Waals surface area contributed by atoms with Gasteiger partial charge in [-0.15, -0.1) is 0 Å². The minimum atomic E-state index is -1.30. The van der Waals surface area contributed by atoms with Crippen molar-refractivity contribution in [2.24, 2.45) is 0 Å². The van der Waals surface area contributed by atoms with E-state index in [0.717, 1.165) is 18.2 Å². The minimum Gasteiger partial charge on any atom is -0.508 e. The van der Waals surface area contributed by atoms with Gasteiger partial charge in [-0.05, 0) is 24.3 Å². The van der Waals surface area contributed by atoms with Crippen LogP contribution in [0.25, 0.3) is 11.1 Å². The molecule has 1 aliphatic heterocycles. The third-order valence-electron chi connectivity index (χ3n) is 3.08. The van der Waals surface area contributed by atoms with E-state index in [2.05, 4.69) is 4.74 Å². The van der Waals surface area contributed by atoms with Gasteiger partial charge in [0.2, 0.25) is 0 Å². The fourth-order valence-electron chi connectivity index (χ4n) is 2.14. The number of carbonyl (C=O) groups excluding carboxylic acids is 2. The molecular weight excluding hydrogens is 286 g/mol. The predicted molar refractivity (Wildman–Crippen MR) is 64.9 cm³/mol. The summed E-state index contributed by atoms with van der Waals surface area (Å²) in [5.41, 5.74) is -2.29. The highest BCUT2D eigenvalue weighted by molar-refractivity contribution is 6.15. The van der Waals surface area contributed by atoms with Crippen molar-refractivity contribution in [3.8, 4) is 22.6 Å². The van der Waals surface area contributed by atoms with Crippen LogP contribution in [-0.4, -0.2) is 22.2 Å². The number of ether oxygens (including phenoxy) is 1. The third-order valence-corrected chi connectivity index (χ3v) is 3.08. The average molecular weight is 292 g/mol. The summed E-state index contributed by atoms with van der Waals surface area (Å²) in [6.45, 7) is 0. The lowest BCUT2D eigenvalue weighted by atomic mass is 9.97. The van der Waals surface area contributed by atoms with Crippen LogP contribution in [-0.2, 0) is 4.74 Å². The molecule has 106 valence electrons. The molecule has 2 aromatic carbocycles. The quantitative estimate of drug-likeness (QED) is 0.479. The Morgan fingerprint density at radius 2 is 1.57 bits per heavy atom. The molecule has 0 saturated carbocycles. The number of esters is 2. The molecule has 21 heavy (non-hydrogen) atoms. The maximum Gasteiger partial charge on any atom is 0.350 e. The van der Waals surface area contributed by atoms with Gasteiger partial charge >= 0.3 is 11.9 Å². The number of fused-ring (bicyclic) bond motifs is 1. The molecule has 0 atom stereocenters. The standard InChI is InChI=1S/C14H6F2O5/c15-8-4-7(6-3-5(17)1-2-9(6)18)12(16)11-10(8)13(19)21-14(11)20/h1-4,17-18H. The van der Waals surface area contributed by atoms with Crippen LogP contribution in [0.15, 0.2) is 24.3 Å². The van der Waals surface area contributed by atoms with E-state index in [-0.39, 0.29) is 11.3 Å². The number of rotatable bonds is 1. The number of carbonyl (C=O) groups is 2. The highest BCUT2D eigenvalue weighted by atomic mass is 19.1. The van der Waals surface area contributed by atoms with E-state index >= 15 is 0 Å². The summed E-state index contributed by atoms with van der Waals surface area (Å²) in [4.78, 5) is 22.7. The summed E-state index contributed by atoms with van der Waals surface area (Å²) < 4.78 is 32.4. The van der Waals surface area contributed by atoms with E-state index < -0.39 is 46.0 Å². The van der Waals surface area contributed by atoms with Crippen molar-refractivity contribution in [3.05, 3.63) is 47.0 Å². The number of benzene rings is 2. The number of aromatic hydroxyl groups is 2. The molecule has 0 spiro atoms. The molecule has 2 aromatic rings. The monoisotopic (exact) mass is 292 g/mol. The van der Waals surface area contributed by atoms with Crippen LogP contribution in [0.2, 0.25) is 0 Å². The van der Waals surface area contributed by atoms with Crippen LogP contribution < -0.4 is 0 Å². The Balaban J connectivity index is 2.34. The third kappa shape index (κ3) is 1.82. The molecule has 0 bridgehead atoms. The van der Waals surface area contributed by atoms with Crippen LogP contribution in [0.1, 0.15) is 20.7 Å². The fraction of sp³-hybridized carbons (Fsp3) is 0. The Labute approximate surface area is 116 Å². The van der Waals surface area contributed by atoms with Gasteiger partial charge in [-0.2, -0.15) is 0 Å². The number of halogens is 2. The summed E-state index contributed by atoms with van der Waals surface area (Å²) in [6, 6.07) is 3.89. The first kappa shape index (κ1) is 13.0.